The third kappa shape index (κ3) is 3.28. The van der Waals surface area contributed by atoms with Crippen LogP contribution in [0.2, 0.25) is 0 Å². The van der Waals surface area contributed by atoms with E-state index in [0.29, 0.717) is 18.1 Å². The lowest BCUT2D eigenvalue weighted by molar-refractivity contribution is -0.0163. The summed E-state index contributed by atoms with van der Waals surface area (Å²) in [7, 11) is 0. The SMILES string of the molecule is CCCC(N)C1CCOC(CC)C1. The average molecular weight is 185 g/mol. The Kier molecular flexibility index (Phi) is 4.74. The van der Waals surface area contributed by atoms with E-state index in [9.17, 15) is 0 Å². The molecule has 2 heteroatoms. The molecule has 1 aliphatic heterocycles. The van der Waals surface area contributed by atoms with E-state index in [4.69, 9.17) is 10.5 Å². The van der Waals surface area contributed by atoms with Gasteiger partial charge in [0, 0.05) is 12.6 Å². The molecular weight excluding hydrogens is 162 g/mol. The van der Waals surface area contributed by atoms with Crippen molar-refractivity contribution < 1.29 is 4.74 Å². The van der Waals surface area contributed by atoms with Crippen LogP contribution in [0.1, 0.15) is 46.0 Å². The summed E-state index contributed by atoms with van der Waals surface area (Å²) in [5.74, 6) is 0.707. The van der Waals surface area contributed by atoms with Gasteiger partial charge in [-0.15, -0.1) is 0 Å². The summed E-state index contributed by atoms with van der Waals surface area (Å²) in [6.07, 6.45) is 6.32. The molecule has 1 saturated heterocycles. The van der Waals surface area contributed by atoms with Gasteiger partial charge in [-0.05, 0) is 31.6 Å². The van der Waals surface area contributed by atoms with Crippen molar-refractivity contribution >= 4 is 0 Å². The van der Waals surface area contributed by atoms with Crippen LogP contribution in [0.3, 0.4) is 0 Å². The molecule has 3 atom stereocenters. The van der Waals surface area contributed by atoms with Gasteiger partial charge in [-0.25, -0.2) is 0 Å². The Hall–Kier alpha value is -0.0800. The van der Waals surface area contributed by atoms with E-state index in [1.165, 1.54) is 19.3 Å². The van der Waals surface area contributed by atoms with E-state index in [1.54, 1.807) is 0 Å². The minimum Gasteiger partial charge on any atom is -0.378 e. The van der Waals surface area contributed by atoms with Crippen molar-refractivity contribution in [3.63, 3.8) is 0 Å². The van der Waals surface area contributed by atoms with Crippen molar-refractivity contribution in [2.45, 2.75) is 58.1 Å². The lowest BCUT2D eigenvalue weighted by Gasteiger charge is -2.32. The van der Waals surface area contributed by atoms with Gasteiger partial charge >= 0.3 is 0 Å². The first-order valence-electron chi connectivity index (χ1n) is 5.65. The van der Waals surface area contributed by atoms with Crippen molar-refractivity contribution in [1.82, 2.24) is 0 Å². The molecule has 1 heterocycles. The van der Waals surface area contributed by atoms with Crippen LogP contribution in [0.5, 0.6) is 0 Å². The van der Waals surface area contributed by atoms with E-state index < -0.39 is 0 Å². The summed E-state index contributed by atoms with van der Waals surface area (Å²) in [6, 6.07) is 0.406. The maximum absolute atomic E-state index is 6.12. The molecule has 0 aromatic carbocycles. The largest absolute Gasteiger partial charge is 0.378 e. The van der Waals surface area contributed by atoms with Gasteiger partial charge in [0.15, 0.2) is 0 Å². The van der Waals surface area contributed by atoms with Crippen LogP contribution in [0.4, 0.5) is 0 Å². The van der Waals surface area contributed by atoms with Crippen LogP contribution in [0, 0.1) is 5.92 Å². The van der Waals surface area contributed by atoms with Gasteiger partial charge in [-0.3, -0.25) is 0 Å². The molecule has 0 spiro atoms. The summed E-state index contributed by atoms with van der Waals surface area (Å²) in [4.78, 5) is 0. The first-order chi connectivity index (χ1) is 6.27. The van der Waals surface area contributed by atoms with Gasteiger partial charge < -0.3 is 10.5 Å². The van der Waals surface area contributed by atoms with E-state index in [0.717, 1.165) is 19.4 Å². The zero-order chi connectivity index (χ0) is 9.68. The smallest absolute Gasteiger partial charge is 0.0575 e. The number of rotatable bonds is 4. The summed E-state index contributed by atoms with van der Waals surface area (Å²) in [6.45, 7) is 5.31. The molecule has 0 radical (unpaired) electrons. The lowest BCUT2D eigenvalue weighted by Crippen LogP contribution is -2.37. The highest BCUT2D eigenvalue weighted by Crippen LogP contribution is 2.25. The number of ether oxygens (including phenoxy) is 1. The topological polar surface area (TPSA) is 35.2 Å². The highest BCUT2D eigenvalue weighted by Gasteiger charge is 2.25. The van der Waals surface area contributed by atoms with Gasteiger partial charge in [-0.1, -0.05) is 20.3 Å². The summed E-state index contributed by atoms with van der Waals surface area (Å²) in [5, 5.41) is 0. The normalized spacial score (nSPS) is 31.6. The number of hydrogen-bond acceptors (Lipinski definition) is 2. The predicted octanol–water partition coefficient (Wildman–Crippen LogP) is 2.32. The molecule has 0 amide bonds. The second-order valence-corrected chi connectivity index (χ2v) is 4.14. The first kappa shape index (κ1) is 11.0. The molecule has 3 unspecified atom stereocenters. The Balaban J connectivity index is 2.32. The molecule has 78 valence electrons. The molecule has 0 bridgehead atoms. The molecule has 0 aromatic rings. The van der Waals surface area contributed by atoms with Crippen LogP contribution in [-0.2, 0) is 4.74 Å². The average Bonchev–Trinajstić information content (AvgIpc) is 2.18. The maximum atomic E-state index is 6.12. The monoisotopic (exact) mass is 185 g/mol. The van der Waals surface area contributed by atoms with Gasteiger partial charge in [0.05, 0.1) is 6.10 Å². The van der Waals surface area contributed by atoms with Crippen molar-refractivity contribution in [3.05, 3.63) is 0 Å². The van der Waals surface area contributed by atoms with E-state index in [-0.39, 0.29) is 0 Å². The molecule has 0 aromatic heterocycles. The Morgan fingerprint density at radius 1 is 1.46 bits per heavy atom. The Morgan fingerprint density at radius 3 is 2.85 bits per heavy atom. The van der Waals surface area contributed by atoms with Gasteiger partial charge in [0.2, 0.25) is 0 Å². The third-order valence-electron chi connectivity index (χ3n) is 3.09. The highest BCUT2D eigenvalue weighted by molar-refractivity contribution is 4.78. The van der Waals surface area contributed by atoms with Crippen molar-refractivity contribution in [1.29, 1.82) is 0 Å². The molecule has 2 N–H and O–H groups in total. The third-order valence-corrected chi connectivity index (χ3v) is 3.09. The predicted molar refractivity (Wildman–Crippen MR) is 55.6 cm³/mol. The second kappa shape index (κ2) is 5.61. The van der Waals surface area contributed by atoms with Gasteiger partial charge in [0.1, 0.15) is 0 Å². The summed E-state index contributed by atoms with van der Waals surface area (Å²) in [5.41, 5.74) is 6.12. The van der Waals surface area contributed by atoms with Gasteiger partial charge in [0.25, 0.3) is 0 Å². The molecule has 13 heavy (non-hydrogen) atoms. The lowest BCUT2D eigenvalue weighted by atomic mass is 9.86. The number of hydrogen-bond donors (Lipinski definition) is 1. The van der Waals surface area contributed by atoms with E-state index in [1.807, 2.05) is 0 Å². The Morgan fingerprint density at radius 2 is 2.23 bits per heavy atom. The fraction of sp³-hybridized carbons (Fsp3) is 1.00. The minimum atomic E-state index is 0.406. The van der Waals surface area contributed by atoms with E-state index >= 15 is 0 Å². The molecule has 0 saturated carbocycles. The summed E-state index contributed by atoms with van der Waals surface area (Å²) >= 11 is 0. The maximum Gasteiger partial charge on any atom is 0.0575 e. The Bertz CT molecular complexity index is 138. The molecule has 1 fully saturated rings. The van der Waals surface area contributed by atoms with Crippen LogP contribution < -0.4 is 5.73 Å². The van der Waals surface area contributed by atoms with Crippen LogP contribution in [0.25, 0.3) is 0 Å². The molecule has 0 aliphatic carbocycles. The highest BCUT2D eigenvalue weighted by atomic mass is 16.5. The minimum absolute atomic E-state index is 0.406. The van der Waals surface area contributed by atoms with Crippen molar-refractivity contribution in [3.8, 4) is 0 Å². The Labute approximate surface area is 81.8 Å². The zero-order valence-electron chi connectivity index (χ0n) is 8.96. The first-order valence-corrected chi connectivity index (χ1v) is 5.65. The van der Waals surface area contributed by atoms with E-state index in [2.05, 4.69) is 13.8 Å². The van der Waals surface area contributed by atoms with Crippen LogP contribution in [0.15, 0.2) is 0 Å². The molecule has 2 nitrogen and oxygen atoms in total. The van der Waals surface area contributed by atoms with Crippen LogP contribution >= 0.6 is 0 Å². The molecular formula is C11H23NO. The van der Waals surface area contributed by atoms with Crippen molar-refractivity contribution in [2.75, 3.05) is 6.61 Å². The summed E-state index contributed by atoms with van der Waals surface area (Å²) < 4.78 is 5.63. The molecule has 1 rings (SSSR count). The zero-order valence-corrected chi connectivity index (χ0v) is 8.96. The second-order valence-electron chi connectivity index (χ2n) is 4.14. The fourth-order valence-corrected chi connectivity index (χ4v) is 2.15. The quantitative estimate of drug-likeness (QED) is 0.729. The fourth-order valence-electron chi connectivity index (χ4n) is 2.15. The standard InChI is InChI=1S/C11H23NO/c1-3-5-11(12)9-6-7-13-10(4-2)8-9/h9-11H,3-8,12H2,1-2H3. The van der Waals surface area contributed by atoms with Gasteiger partial charge in [-0.2, -0.15) is 0 Å². The van der Waals surface area contributed by atoms with Crippen LogP contribution in [-0.4, -0.2) is 18.8 Å². The molecule has 1 aliphatic rings. The van der Waals surface area contributed by atoms with Crippen molar-refractivity contribution in [2.24, 2.45) is 11.7 Å². The number of nitrogens with two attached hydrogens (primary N) is 1.